The summed E-state index contributed by atoms with van der Waals surface area (Å²) in [5, 5.41) is 0. The molecule has 1 rings (SSSR count). The number of hydrogen-bond donors (Lipinski definition) is 0. The van der Waals surface area contributed by atoms with Gasteiger partial charge in [-0.25, -0.2) is 4.79 Å². The van der Waals surface area contributed by atoms with E-state index in [4.69, 9.17) is 0 Å². The Morgan fingerprint density at radius 1 is 1.25 bits per heavy atom. The summed E-state index contributed by atoms with van der Waals surface area (Å²) in [5.41, 5.74) is 0.948. The molecule has 0 amide bonds. The van der Waals surface area contributed by atoms with Crippen molar-refractivity contribution in [2.75, 3.05) is 14.2 Å². The molecule has 1 aromatic rings. The van der Waals surface area contributed by atoms with Crippen LogP contribution in [0.5, 0.6) is 0 Å². The molecule has 5 heteroatoms. The quantitative estimate of drug-likeness (QED) is 0.797. The average molecular weight is 287 g/mol. The Bertz CT molecular complexity index is 414. The third-order valence-corrected chi connectivity index (χ3v) is 2.53. The van der Waals surface area contributed by atoms with Gasteiger partial charge in [-0.2, -0.15) is 0 Å². The first kappa shape index (κ1) is 12.7. The van der Waals surface area contributed by atoms with Crippen LogP contribution >= 0.6 is 15.9 Å². The van der Waals surface area contributed by atoms with E-state index in [0.29, 0.717) is 11.1 Å². The van der Waals surface area contributed by atoms with Crippen LogP contribution in [0, 0.1) is 0 Å². The van der Waals surface area contributed by atoms with E-state index in [-0.39, 0.29) is 6.42 Å². The minimum atomic E-state index is -0.472. The molecule has 0 saturated carbocycles. The minimum Gasteiger partial charge on any atom is -0.469 e. The average Bonchev–Trinajstić information content (AvgIpc) is 2.30. The fraction of sp³-hybridized carbons (Fsp3) is 0.273. The van der Waals surface area contributed by atoms with E-state index < -0.39 is 11.9 Å². The Morgan fingerprint density at radius 2 is 1.94 bits per heavy atom. The van der Waals surface area contributed by atoms with E-state index in [1.807, 2.05) is 0 Å². The van der Waals surface area contributed by atoms with Gasteiger partial charge in [0.25, 0.3) is 0 Å². The van der Waals surface area contributed by atoms with Gasteiger partial charge in [0.1, 0.15) is 0 Å². The van der Waals surface area contributed by atoms with Gasteiger partial charge in [-0.15, -0.1) is 0 Å². The standard InChI is InChI=1S/C11H11BrO4/c1-15-10(13)5-7-3-4-8(12)6-9(7)11(14)16-2/h3-4,6H,5H2,1-2H3. The molecule has 0 aromatic heterocycles. The summed E-state index contributed by atoms with van der Waals surface area (Å²) in [7, 11) is 2.60. The van der Waals surface area contributed by atoms with Crippen molar-refractivity contribution in [2.45, 2.75) is 6.42 Å². The third-order valence-electron chi connectivity index (χ3n) is 2.04. The Balaban J connectivity index is 3.07. The highest BCUT2D eigenvalue weighted by atomic mass is 79.9. The molecule has 0 aliphatic carbocycles. The van der Waals surface area contributed by atoms with E-state index in [1.165, 1.54) is 14.2 Å². The number of hydrogen-bond acceptors (Lipinski definition) is 4. The molecule has 0 N–H and O–H groups in total. The van der Waals surface area contributed by atoms with E-state index in [1.54, 1.807) is 18.2 Å². The van der Waals surface area contributed by atoms with E-state index >= 15 is 0 Å². The normalized spacial score (nSPS) is 9.69. The highest BCUT2D eigenvalue weighted by Gasteiger charge is 2.15. The van der Waals surface area contributed by atoms with E-state index in [9.17, 15) is 9.59 Å². The van der Waals surface area contributed by atoms with Crippen LogP contribution in [0.4, 0.5) is 0 Å². The molecule has 0 aliphatic heterocycles. The Morgan fingerprint density at radius 3 is 2.50 bits per heavy atom. The molecule has 0 atom stereocenters. The minimum absolute atomic E-state index is 0.0498. The van der Waals surface area contributed by atoms with Crippen molar-refractivity contribution in [1.82, 2.24) is 0 Å². The first-order valence-corrected chi connectivity index (χ1v) is 5.31. The molecule has 86 valence electrons. The summed E-state index contributed by atoms with van der Waals surface area (Å²) in [6.07, 6.45) is 0.0498. The highest BCUT2D eigenvalue weighted by molar-refractivity contribution is 9.10. The van der Waals surface area contributed by atoms with Gasteiger partial charge in [0.15, 0.2) is 0 Å². The molecule has 1 aromatic carbocycles. The van der Waals surface area contributed by atoms with Crippen molar-refractivity contribution in [3.63, 3.8) is 0 Å². The van der Waals surface area contributed by atoms with Crippen molar-refractivity contribution in [2.24, 2.45) is 0 Å². The van der Waals surface area contributed by atoms with Crippen LogP contribution in [-0.4, -0.2) is 26.2 Å². The molecule has 0 aliphatic rings. The smallest absolute Gasteiger partial charge is 0.338 e. The topological polar surface area (TPSA) is 52.6 Å². The van der Waals surface area contributed by atoms with Crippen LogP contribution in [0.25, 0.3) is 0 Å². The lowest BCUT2D eigenvalue weighted by Gasteiger charge is -2.07. The SMILES string of the molecule is COC(=O)Cc1ccc(Br)cc1C(=O)OC. The Hall–Kier alpha value is -1.36. The van der Waals surface area contributed by atoms with Gasteiger partial charge in [0.05, 0.1) is 26.2 Å². The number of esters is 2. The fourth-order valence-electron chi connectivity index (χ4n) is 1.23. The predicted molar refractivity (Wildman–Crippen MR) is 61.2 cm³/mol. The van der Waals surface area contributed by atoms with Gasteiger partial charge in [0, 0.05) is 4.47 Å². The third kappa shape index (κ3) is 3.06. The number of ether oxygens (including phenoxy) is 2. The van der Waals surface area contributed by atoms with Gasteiger partial charge in [-0.3, -0.25) is 4.79 Å². The second kappa shape index (κ2) is 5.65. The second-order valence-corrected chi connectivity index (χ2v) is 3.96. The molecule has 0 fully saturated rings. The summed E-state index contributed by atoms with van der Waals surface area (Å²) in [5.74, 6) is -0.868. The summed E-state index contributed by atoms with van der Waals surface area (Å²) in [6, 6.07) is 5.06. The van der Waals surface area contributed by atoms with Gasteiger partial charge >= 0.3 is 11.9 Å². The van der Waals surface area contributed by atoms with E-state index in [0.717, 1.165) is 4.47 Å². The molecule has 16 heavy (non-hydrogen) atoms. The molecule has 0 unspecified atom stereocenters. The van der Waals surface area contributed by atoms with Crippen LogP contribution in [0.2, 0.25) is 0 Å². The van der Waals surface area contributed by atoms with Gasteiger partial charge in [-0.05, 0) is 17.7 Å². The number of rotatable bonds is 3. The van der Waals surface area contributed by atoms with Gasteiger partial charge in [0.2, 0.25) is 0 Å². The zero-order valence-electron chi connectivity index (χ0n) is 8.95. The molecular formula is C11H11BrO4. The number of carbonyl (C=O) groups excluding carboxylic acids is 2. The monoisotopic (exact) mass is 286 g/mol. The number of methoxy groups -OCH3 is 2. The first-order valence-electron chi connectivity index (χ1n) is 4.52. The fourth-order valence-corrected chi connectivity index (χ4v) is 1.59. The van der Waals surface area contributed by atoms with Crippen LogP contribution in [0.1, 0.15) is 15.9 Å². The van der Waals surface area contributed by atoms with Crippen LogP contribution in [0.15, 0.2) is 22.7 Å². The molecule has 4 nitrogen and oxygen atoms in total. The van der Waals surface area contributed by atoms with Crippen LogP contribution in [0.3, 0.4) is 0 Å². The van der Waals surface area contributed by atoms with Gasteiger partial charge in [-0.1, -0.05) is 22.0 Å². The van der Waals surface area contributed by atoms with Crippen molar-refractivity contribution < 1.29 is 19.1 Å². The van der Waals surface area contributed by atoms with Crippen molar-refractivity contribution >= 4 is 27.9 Å². The second-order valence-electron chi connectivity index (χ2n) is 3.05. The van der Waals surface area contributed by atoms with Crippen molar-refractivity contribution in [3.8, 4) is 0 Å². The molecule has 0 saturated heterocycles. The summed E-state index contributed by atoms with van der Waals surface area (Å²) in [4.78, 5) is 22.6. The predicted octanol–water partition coefficient (Wildman–Crippen LogP) is 1.95. The maximum Gasteiger partial charge on any atom is 0.338 e. The number of carbonyl (C=O) groups is 2. The largest absolute Gasteiger partial charge is 0.469 e. The lowest BCUT2D eigenvalue weighted by Crippen LogP contribution is -2.11. The lowest BCUT2D eigenvalue weighted by molar-refractivity contribution is -0.139. The van der Waals surface area contributed by atoms with Crippen LogP contribution in [-0.2, 0) is 20.7 Å². The zero-order valence-corrected chi connectivity index (χ0v) is 10.5. The molecule has 0 bridgehead atoms. The molecule has 0 heterocycles. The summed E-state index contributed by atoms with van der Waals surface area (Å²) >= 11 is 3.25. The first-order chi connectivity index (χ1) is 7.58. The summed E-state index contributed by atoms with van der Waals surface area (Å²) in [6.45, 7) is 0. The molecule has 0 radical (unpaired) electrons. The number of halogens is 1. The maximum absolute atomic E-state index is 11.5. The molecular weight excluding hydrogens is 276 g/mol. The Kier molecular flexibility index (Phi) is 4.49. The highest BCUT2D eigenvalue weighted by Crippen LogP contribution is 2.18. The number of benzene rings is 1. The van der Waals surface area contributed by atoms with Gasteiger partial charge < -0.3 is 9.47 Å². The van der Waals surface area contributed by atoms with Crippen LogP contribution < -0.4 is 0 Å². The van der Waals surface area contributed by atoms with Crippen molar-refractivity contribution in [1.29, 1.82) is 0 Å². The zero-order chi connectivity index (χ0) is 12.1. The molecule has 0 spiro atoms. The van der Waals surface area contributed by atoms with Crippen molar-refractivity contribution in [3.05, 3.63) is 33.8 Å². The summed E-state index contributed by atoms with van der Waals surface area (Å²) < 4.78 is 9.94. The van der Waals surface area contributed by atoms with E-state index in [2.05, 4.69) is 25.4 Å². The Labute approximate surface area is 102 Å². The maximum atomic E-state index is 11.5. The lowest BCUT2D eigenvalue weighted by atomic mass is 10.0.